The van der Waals surface area contributed by atoms with Gasteiger partial charge < -0.3 is 5.11 Å². The molecule has 0 aromatic rings. The molecule has 2 aliphatic rings. The molecule has 1 saturated carbocycles. The molecule has 0 spiro atoms. The largest absolute Gasteiger partial charge is 0.481 e. The zero-order valence-corrected chi connectivity index (χ0v) is 9.35. The number of Topliss-reactive ketones (excluding diaryl/α,β-unsaturated/α-hetero) is 1. The highest BCUT2D eigenvalue weighted by molar-refractivity contribution is 5.89. The summed E-state index contributed by atoms with van der Waals surface area (Å²) in [6.45, 7) is 5.51. The van der Waals surface area contributed by atoms with E-state index in [1.807, 2.05) is 12.2 Å². The fourth-order valence-corrected chi connectivity index (χ4v) is 3.01. The predicted molar refractivity (Wildman–Crippen MR) is 59.8 cm³/mol. The van der Waals surface area contributed by atoms with Crippen molar-refractivity contribution in [2.24, 2.45) is 23.7 Å². The Hall–Kier alpha value is -1.38. The molecular weight excluding hydrogens is 204 g/mol. The number of carbonyl (C=O) groups is 2. The Labute approximate surface area is 94.8 Å². The van der Waals surface area contributed by atoms with Gasteiger partial charge in [-0.15, -0.1) is 0 Å². The minimum atomic E-state index is -0.836. The minimum Gasteiger partial charge on any atom is -0.481 e. The van der Waals surface area contributed by atoms with Crippen molar-refractivity contribution in [3.8, 4) is 0 Å². The summed E-state index contributed by atoms with van der Waals surface area (Å²) in [5.41, 5.74) is 0.806. The van der Waals surface area contributed by atoms with Crippen LogP contribution in [0.3, 0.4) is 0 Å². The maximum Gasteiger partial charge on any atom is 0.307 e. The summed E-state index contributed by atoms with van der Waals surface area (Å²) in [7, 11) is 0. The topological polar surface area (TPSA) is 54.4 Å². The third kappa shape index (κ3) is 1.70. The molecular formula is C13H16O3. The van der Waals surface area contributed by atoms with Crippen molar-refractivity contribution in [2.75, 3.05) is 0 Å². The summed E-state index contributed by atoms with van der Waals surface area (Å²) >= 11 is 0. The van der Waals surface area contributed by atoms with Crippen molar-refractivity contribution in [1.82, 2.24) is 0 Å². The van der Waals surface area contributed by atoms with E-state index in [0.29, 0.717) is 6.42 Å². The van der Waals surface area contributed by atoms with Crippen LogP contribution in [0.2, 0.25) is 0 Å². The second-order valence-corrected chi connectivity index (χ2v) is 4.94. The summed E-state index contributed by atoms with van der Waals surface area (Å²) < 4.78 is 0. The third-order valence-electron chi connectivity index (χ3n) is 3.59. The third-order valence-corrected chi connectivity index (χ3v) is 3.59. The van der Waals surface area contributed by atoms with E-state index in [1.54, 1.807) is 6.92 Å². The van der Waals surface area contributed by atoms with Crippen LogP contribution in [0.4, 0.5) is 0 Å². The lowest BCUT2D eigenvalue weighted by Crippen LogP contribution is -2.33. The van der Waals surface area contributed by atoms with E-state index in [1.165, 1.54) is 0 Å². The number of carboxylic acids is 1. The lowest BCUT2D eigenvalue weighted by Gasteiger charge is -2.23. The standard InChI is InChI=1S/C13H16O3/c1-7(2)5-10(14)11-8-3-4-9(6-8)12(11)13(15)16/h3-4,8-9,11-12H,1,5-6H2,2H3,(H,15,16)/t8-,9+,11+,12+/m0/s1. The summed E-state index contributed by atoms with van der Waals surface area (Å²) in [4.78, 5) is 23.2. The Morgan fingerprint density at radius 2 is 1.88 bits per heavy atom. The van der Waals surface area contributed by atoms with Crippen LogP contribution < -0.4 is 0 Å². The molecule has 16 heavy (non-hydrogen) atoms. The quantitative estimate of drug-likeness (QED) is 0.738. The normalized spacial score (nSPS) is 35.3. The van der Waals surface area contributed by atoms with Gasteiger partial charge in [0.15, 0.2) is 0 Å². The van der Waals surface area contributed by atoms with Crippen molar-refractivity contribution in [3.05, 3.63) is 24.3 Å². The van der Waals surface area contributed by atoms with Gasteiger partial charge in [-0.1, -0.05) is 24.3 Å². The number of allylic oxidation sites excluding steroid dienone is 3. The molecule has 0 unspecified atom stereocenters. The first-order valence-electron chi connectivity index (χ1n) is 5.59. The average Bonchev–Trinajstić information content (AvgIpc) is 2.74. The van der Waals surface area contributed by atoms with Crippen LogP contribution >= 0.6 is 0 Å². The zero-order valence-electron chi connectivity index (χ0n) is 9.35. The first kappa shape index (κ1) is 11.1. The number of rotatable bonds is 4. The van der Waals surface area contributed by atoms with E-state index in [0.717, 1.165) is 12.0 Å². The van der Waals surface area contributed by atoms with Crippen molar-refractivity contribution in [2.45, 2.75) is 19.8 Å². The van der Waals surface area contributed by atoms with Crippen molar-refractivity contribution in [1.29, 1.82) is 0 Å². The number of fused-ring (bicyclic) bond motifs is 2. The van der Waals surface area contributed by atoms with E-state index in [9.17, 15) is 14.7 Å². The van der Waals surface area contributed by atoms with Crippen molar-refractivity contribution < 1.29 is 14.7 Å². The molecule has 0 radical (unpaired) electrons. The van der Waals surface area contributed by atoms with Gasteiger partial charge in [0.1, 0.15) is 5.78 Å². The van der Waals surface area contributed by atoms with E-state index < -0.39 is 11.9 Å². The van der Waals surface area contributed by atoms with Gasteiger partial charge in [0.2, 0.25) is 0 Å². The summed E-state index contributed by atoms with van der Waals surface area (Å²) in [6.07, 6.45) is 5.09. The molecule has 3 nitrogen and oxygen atoms in total. The molecule has 0 aliphatic heterocycles. The maximum absolute atomic E-state index is 12.0. The fourth-order valence-electron chi connectivity index (χ4n) is 3.01. The number of carbonyl (C=O) groups excluding carboxylic acids is 1. The monoisotopic (exact) mass is 220 g/mol. The molecule has 86 valence electrons. The Bertz CT molecular complexity index is 381. The van der Waals surface area contributed by atoms with Crippen LogP contribution in [0.1, 0.15) is 19.8 Å². The highest BCUT2D eigenvalue weighted by Crippen LogP contribution is 2.48. The molecule has 0 heterocycles. The summed E-state index contributed by atoms with van der Waals surface area (Å²) in [6, 6.07) is 0. The van der Waals surface area contributed by atoms with Gasteiger partial charge in [0.25, 0.3) is 0 Å². The molecule has 0 aromatic carbocycles. The molecule has 2 rings (SSSR count). The van der Waals surface area contributed by atoms with Gasteiger partial charge >= 0.3 is 5.97 Å². The number of carboxylic acid groups (broad SMARTS) is 1. The molecule has 1 fully saturated rings. The Morgan fingerprint density at radius 3 is 2.38 bits per heavy atom. The molecule has 0 aromatic heterocycles. The van der Waals surface area contributed by atoms with Crippen LogP contribution in [0.15, 0.2) is 24.3 Å². The Balaban J connectivity index is 2.19. The number of aliphatic carboxylic acids is 1. The maximum atomic E-state index is 12.0. The molecule has 2 aliphatic carbocycles. The highest BCUT2D eigenvalue weighted by atomic mass is 16.4. The molecule has 3 heteroatoms. The molecule has 0 saturated heterocycles. The summed E-state index contributed by atoms with van der Waals surface area (Å²) in [5, 5.41) is 9.18. The first-order chi connectivity index (χ1) is 7.50. The van der Waals surface area contributed by atoms with E-state index in [-0.39, 0.29) is 23.5 Å². The van der Waals surface area contributed by atoms with Gasteiger partial charge in [-0.05, 0) is 25.2 Å². The number of hydrogen-bond donors (Lipinski definition) is 1. The smallest absolute Gasteiger partial charge is 0.307 e. The zero-order chi connectivity index (χ0) is 11.9. The lowest BCUT2D eigenvalue weighted by atomic mass is 9.79. The minimum absolute atomic E-state index is 0.0387. The molecule has 2 bridgehead atoms. The van der Waals surface area contributed by atoms with Gasteiger partial charge in [0.05, 0.1) is 5.92 Å². The molecule has 4 atom stereocenters. The van der Waals surface area contributed by atoms with Crippen LogP contribution in [0.25, 0.3) is 0 Å². The van der Waals surface area contributed by atoms with Crippen LogP contribution in [-0.2, 0) is 9.59 Å². The van der Waals surface area contributed by atoms with E-state index >= 15 is 0 Å². The van der Waals surface area contributed by atoms with Crippen molar-refractivity contribution in [3.63, 3.8) is 0 Å². The molecule has 0 amide bonds. The van der Waals surface area contributed by atoms with Crippen molar-refractivity contribution >= 4 is 11.8 Å². The second kappa shape index (κ2) is 3.89. The van der Waals surface area contributed by atoms with Crippen LogP contribution in [0, 0.1) is 23.7 Å². The molecule has 1 N–H and O–H groups in total. The predicted octanol–water partition coefficient (Wildman–Crippen LogP) is 2.04. The van der Waals surface area contributed by atoms with E-state index in [4.69, 9.17) is 0 Å². The van der Waals surface area contributed by atoms with Gasteiger partial charge in [0, 0.05) is 12.3 Å². The lowest BCUT2D eigenvalue weighted by molar-refractivity contribution is -0.147. The fraction of sp³-hybridized carbons (Fsp3) is 0.538. The van der Waals surface area contributed by atoms with Gasteiger partial charge in [-0.2, -0.15) is 0 Å². The van der Waals surface area contributed by atoms with Gasteiger partial charge in [-0.3, -0.25) is 9.59 Å². The number of ketones is 1. The van der Waals surface area contributed by atoms with Crippen LogP contribution in [-0.4, -0.2) is 16.9 Å². The Kier molecular flexibility index (Phi) is 2.70. The summed E-state index contributed by atoms with van der Waals surface area (Å²) in [5.74, 6) is -1.45. The highest BCUT2D eigenvalue weighted by Gasteiger charge is 2.50. The van der Waals surface area contributed by atoms with Gasteiger partial charge in [-0.25, -0.2) is 0 Å². The Morgan fingerprint density at radius 1 is 1.31 bits per heavy atom. The second-order valence-electron chi connectivity index (χ2n) is 4.94. The first-order valence-corrected chi connectivity index (χ1v) is 5.59. The van der Waals surface area contributed by atoms with E-state index in [2.05, 4.69) is 6.58 Å². The van der Waals surface area contributed by atoms with Crippen LogP contribution in [0.5, 0.6) is 0 Å². The average molecular weight is 220 g/mol. The number of hydrogen-bond acceptors (Lipinski definition) is 2. The SMILES string of the molecule is C=C(C)CC(=O)[C@@H]1[C@H](C(=O)O)[C@@H]2C=C[C@H]1C2.